The zero-order chi connectivity index (χ0) is 16.1. The minimum atomic E-state index is -1.44. The molecule has 0 atom stereocenters. The zero-order valence-corrected chi connectivity index (χ0v) is 14.9. The van der Waals surface area contributed by atoms with Gasteiger partial charge in [-0.15, -0.1) is 0 Å². The summed E-state index contributed by atoms with van der Waals surface area (Å²) in [6, 6.07) is 12.0. The second kappa shape index (κ2) is 8.62. The van der Waals surface area contributed by atoms with Crippen molar-refractivity contribution in [1.82, 2.24) is 0 Å². The van der Waals surface area contributed by atoms with Gasteiger partial charge in [0, 0.05) is 16.7 Å². The maximum atomic E-state index is 12.1. The first kappa shape index (κ1) is 19.1. The van der Waals surface area contributed by atoms with Gasteiger partial charge in [0.05, 0.1) is 19.5 Å². The number of carbonyl (C=O) groups excluding carboxylic acids is 3. The van der Waals surface area contributed by atoms with Crippen molar-refractivity contribution in [1.29, 1.82) is 0 Å². The van der Waals surface area contributed by atoms with E-state index < -0.39 is 18.2 Å². The molecule has 5 nitrogen and oxygen atoms in total. The molecule has 2 rings (SSSR count). The SMILES string of the molecule is COc1ccc(C(=O)CC(=O)c2ccccc2C(=O)[O-])cc1.[Na+]. The predicted octanol–water partition coefficient (Wildman–Crippen LogP) is -1.48. The van der Waals surface area contributed by atoms with Crippen molar-refractivity contribution in [2.75, 3.05) is 7.11 Å². The molecule has 112 valence electrons. The van der Waals surface area contributed by atoms with Crippen LogP contribution in [0.1, 0.15) is 37.5 Å². The number of methoxy groups -OCH3 is 1. The number of ether oxygens (including phenoxy) is 1. The predicted molar refractivity (Wildman–Crippen MR) is 77.0 cm³/mol. The number of Topliss-reactive ketones (excluding diaryl/α,β-unsaturated/α-hetero) is 2. The Balaban J connectivity index is 0.00000264. The summed E-state index contributed by atoms with van der Waals surface area (Å²) in [5.74, 6) is -1.78. The summed E-state index contributed by atoms with van der Waals surface area (Å²) >= 11 is 0. The fourth-order valence-electron chi connectivity index (χ4n) is 2.02. The van der Waals surface area contributed by atoms with Crippen molar-refractivity contribution in [2.24, 2.45) is 0 Å². The summed E-state index contributed by atoms with van der Waals surface area (Å²) in [5, 5.41) is 11.0. The molecular formula is C17H13NaO5. The number of carboxylic acid groups (broad SMARTS) is 1. The van der Waals surface area contributed by atoms with Crippen LogP contribution in [0.4, 0.5) is 0 Å². The van der Waals surface area contributed by atoms with Gasteiger partial charge in [-0.1, -0.05) is 24.3 Å². The van der Waals surface area contributed by atoms with Crippen molar-refractivity contribution in [2.45, 2.75) is 6.42 Å². The fraction of sp³-hybridized carbons (Fsp3) is 0.118. The molecule has 0 aliphatic rings. The monoisotopic (exact) mass is 320 g/mol. The molecule has 0 amide bonds. The van der Waals surface area contributed by atoms with Crippen LogP contribution in [0.2, 0.25) is 0 Å². The third kappa shape index (κ3) is 4.76. The molecule has 0 radical (unpaired) electrons. The smallest absolute Gasteiger partial charge is 0.545 e. The molecule has 0 fully saturated rings. The van der Waals surface area contributed by atoms with Crippen LogP contribution in [0.25, 0.3) is 0 Å². The summed E-state index contributed by atoms with van der Waals surface area (Å²) in [5.41, 5.74) is 0.125. The first-order valence-corrected chi connectivity index (χ1v) is 6.53. The number of hydrogen-bond donors (Lipinski definition) is 0. The normalized spacial score (nSPS) is 9.61. The molecule has 2 aromatic carbocycles. The Morgan fingerprint density at radius 3 is 2.00 bits per heavy atom. The van der Waals surface area contributed by atoms with Gasteiger partial charge in [0.15, 0.2) is 11.6 Å². The maximum Gasteiger partial charge on any atom is 1.00 e. The number of ketones is 2. The third-order valence-electron chi connectivity index (χ3n) is 3.18. The van der Waals surface area contributed by atoms with E-state index in [1.54, 1.807) is 24.3 Å². The summed E-state index contributed by atoms with van der Waals surface area (Å²) < 4.78 is 4.99. The van der Waals surface area contributed by atoms with Gasteiger partial charge in [-0.2, -0.15) is 0 Å². The number of carboxylic acids is 1. The maximum absolute atomic E-state index is 12.1. The van der Waals surface area contributed by atoms with Crippen LogP contribution in [0.15, 0.2) is 48.5 Å². The van der Waals surface area contributed by atoms with E-state index in [0.717, 1.165) is 0 Å². The molecule has 6 heteroatoms. The van der Waals surface area contributed by atoms with Gasteiger partial charge in [0.25, 0.3) is 0 Å². The van der Waals surface area contributed by atoms with E-state index in [9.17, 15) is 19.5 Å². The molecular weight excluding hydrogens is 307 g/mol. The standard InChI is InChI=1S/C17H14O5.Na/c1-22-12-8-6-11(7-9-12)15(18)10-16(19)13-4-2-3-5-14(13)17(20)21;/h2-9H,10H2,1H3,(H,20,21);/q;+1/p-1. The number of rotatable bonds is 6. The van der Waals surface area contributed by atoms with E-state index in [2.05, 4.69) is 0 Å². The van der Waals surface area contributed by atoms with Crippen LogP contribution < -0.4 is 39.4 Å². The molecule has 0 aliphatic heterocycles. The average molecular weight is 320 g/mol. The van der Waals surface area contributed by atoms with Crippen LogP contribution in [-0.2, 0) is 0 Å². The Morgan fingerprint density at radius 1 is 0.913 bits per heavy atom. The summed E-state index contributed by atoms with van der Waals surface area (Å²) in [6.45, 7) is 0. The summed E-state index contributed by atoms with van der Waals surface area (Å²) in [7, 11) is 1.51. The first-order valence-electron chi connectivity index (χ1n) is 6.53. The van der Waals surface area contributed by atoms with Crippen molar-refractivity contribution < 1.29 is 53.8 Å². The van der Waals surface area contributed by atoms with Crippen LogP contribution >= 0.6 is 0 Å². The van der Waals surface area contributed by atoms with Gasteiger partial charge in [0.1, 0.15) is 5.75 Å². The van der Waals surface area contributed by atoms with Crippen LogP contribution in [0, 0.1) is 0 Å². The summed E-state index contributed by atoms with van der Waals surface area (Å²) in [6.07, 6.45) is -0.406. The van der Waals surface area contributed by atoms with Crippen molar-refractivity contribution in [3.8, 4) is 5.75 Å². The van der Waals surface area contributed by atoms with E-state index in [1.165, 1.54) is 31.4 Å². The third-order valence-corrected chi connectivity index (χ3v) is 3.18. The van der Waals surface area contributed by atoms with E-state index in [1.807, 2.05) is 0 Å². The number of benzene rings is 2. The van der Waals surface area contributed by atoms with Gasteiger partial charge in [0.2, 0.25) is 0 Å². The van der Waals surface area contributed by atoms with Crippen molar-refractivity contribution >= 4 is 17.5 Å². The molecule has 0 heterocycles. The topological polar surface area (TPSA) is 83.5 Å². The number of hydrogen-bond acceptors (Lipinski definition) is 5. The molecule has 0 unspecified atom stereocenters. The Labute approximate surface area is 155 Å². The number of carbonyl (C=O) groups is 3. The van der Waals surface area contributed by atoms with E-state index in [0.29, 0.717) is 11.3 Å². The molecule has 0 saturated carbocycles. The van der Waals surface area contributed by atoms with Gasteiger partial charge in [-0.05, 0) is 24.3 Å². The largest absolute Gasteiger partial charge is 1.00 e. The average Bonchev–Trinajstić information content (AvgIpc) is 2.54. The zero-order valence-electron chi connectivity index (χ0n) is 12.9. The second-order valence-electron chi connectivity index (χ2n) is 4.58. The van der Waals surface area contributed by atoms with Crippen LogP contribution in [0.3, 0.4) is 0 Å². The van der Waals surface area contributed by atoms with E-state index in [-0.39, 0.29) is 46.5 Å². The molecule has 0 bridgehead atoms. The van der Waals surface area contributed by atoms with E-state index in [4.69, 9.17) is 4.74 Å². The molecule has 0 N–H and O–H groups in total. The fourth-order valence-corrected chi connectivity index (χ4v) is 2.02. The second-order valence-corrected chi connectivity index (χ2v) is 4.58. The van der Waals surface area contributed by atoms with Gasteiger partial charge in [-0.3, -0.25) is 9.59 Å². The van der Waals surface area contributed by atoms with Gasteiger partial charge in [-0.25, -0.2) is 0 Å². The van der Waals surface area contributed by atoms with Gasteiger partial charge >= 0.3 is 29.6 Å². The first-order chi connectivity index (χ1) is 10.5. The van der Waals surface area contributed by atoms with Crippen LogP contribution in [0.5, 0.6) is 5.75 Å². The minimum Gasteiger partial charge on any atom is -0.545 e. The van der Waals surface area contributed by atoms with Crippen LogP contribution in [-0.4, -0.2) is 24.6 Å². The van der Waals surface area contributed by atoms with Crippen molar-refractivity contribution in [3.05, 3.63) is 65.2 Å². The quantitative estimate of drug-likeness (QED) is 0.368. The Bertz CT molecular complexity index is 722. The molecule has 2 aromatic rings. The minimum absolute atomic E-state index is 0. The number of aromatic carboxylic acids is 1. The molecule has 23 heavy (non-hydrogen) atoms. The molecule has 0 aliphatic carbocycles. The van der Waals surface area contributed by atoms with Crippen molar-refractivity contribution in [3.63, 3.8) is 0 Å². The summed E-state index contributed by atoms with van der Waals surface area (Å²) in [4.78, 5) is 35.2. The molecule has 0 saturated heterocycles. The van der Waals surface area contributed by atoms with Gasteiger partial charge < -0.3 is 14.6 Å². The Hall–Kier alpha value is -1.95. The van der Waals surface area contributed by atoms with E-state index >= 15 is 0 Å². The molecule has 0 spiro atoms. The molecule has 0 aromatic heterocycles. The Kier molecular flexibility index (Phi) is 7.16. The Morgan fingerprint density at radius 2 is 1.48 bits per heavy atom.